The summed E-state index contributed by atoms with van der Waals surface area (Å²) in [5.74, 6) is 0.268. The molecular weight excluding hydrogens is 367 g/mol. The number of carbonyl (C=O) groups is 2. The van der Waals surface area contributed by atoms with Crippen LogP contribution in [0.15, 0.2) is 47.8 Å². The Morgan fingerprint density at radius 3 is 2.38 bits per heavy atom. The van der Waals surface area contributed by atoms with Gasteiger partial charge in [0.05, 0.1) is 0 Å². The van der Waals surface area contributed by atoms with Gasteiger partial charge >= 0.3 is 5.97 Å². The highest BCUT2D eigenvalue weighted by Crippen LogP contribution is 2.26. The molecule has 160 valence electrons. The lowest BCUT2D eigenvalue weighted by atomic mass is 9.92. The predicted molar refractivity (Wildman–Crippen MR) is 117 cm³/mol. The highest BCUT2D eigenvalue weighted by molar-refractivity contribution is 5.78. The Hall–Kier alpha value is -2.23. The standard InChI is InChI=1S/C25H35FO3/c1-5-7-11-23(24(26)6-2)20(4)15-16-21(27)10-8-9-12-25(28)29-22-17-13-19(3)14-18-22/h6,11,13-14,17-18,20H,5,7-10,12,15-16H2,1-4H3. The summed E-state index contributed by atoms with van der Waals surface area (Å²) >= 11 is 0. The minimum atomic E-state index is -0.276. The Labute approximate surface area is 175 Å². The second-order valence-corrected chi connectivity index (χ2v) is 7.56. The lowest BCUT2D eigenvalue weighted by Gasteiger charge is -2.14. The maximum Gasteiger partial charge on any atom is 0.311 e. The topological polar surface area (TPSA) is 43.4 Å². The first kappa shape index (κ1) is 24.8. The van der Waals surface area contributed by atoms with Crippen LogP contribution in [0.3, 0.4) is 0 Å². The zero-order valence-corrected chi connectivity index (χ0v) is 18.3. The summed E-state index contributed by atoms with van der Waals surface area (Å²) in [6.07, 6.45) is 8.36. The largest absolute Gasteiger partial charge is 0.427 e. The number of unbranched alkanes of at least 4 members (excludes halogenated alkanes) is 2. The van der Waals surface area contributed by atoms with Crippen LogP contribution in [-0.2, 0) is 9.59 Å². The van der Waals surface area contributed by atoms with Crippen LogP contribution < -0.4 is 4.74 Å². The normalized spacial score (nSPS) is 13.3. The molecule has 0 aliphatic heterocycles. The molecule has 0 bridgehead atoms. The molecule has 0 aliphatic carbocycles. The highest BCUT2D eigenvalue weighted by Gasteiger charge is 2.15. The third-order valence-electron chi connectivity index (χ3n) is 4.91. The summed E-state index contributed by atoms with van der Waals surface area (Å²) in [6, 6.07) is 7.34. The van der Waals surface area contributed by atoms with Gasteiger partial charge in [0, 0.05) is 19.3 Å². The number of allylic oxidation sites excluding steroid dienone is 4. The molecule has 0 fully saturated rings. The van der Waals surface area contributed by atoms with Crippen LogP contribution in [0.5, 0.6) is 5.75 Å². The van der Waals surface area contributed by atoms with Crippen molar-refractivity contribution in [1.29, 1.82) is 0 Å². The van der Waals surface area contributed by atoms with E-state index in [4.69, 9.17) is 4.74 Å². The number of Topliss-reactive ketones (excluding diaryl/α,β-unsaturated/α-hetero) is 1. The van der Waals surface area contributed by atoms with Crippen LogP contribution in [0.4, 0.5) is 4.39 Å². The molecule has 1 unspecified atom stereocenters. The predicted octanol–water partition coefficient (Wildman–Crippen LogP) is 7.05. The first-order valence-corrected chi connectivity index (χ1v) is 10.7. The van der Waals surface area contributed by atoms with Crippen molar-refractivity contribution >= 4 is 11.8 Å². The number of halogens is 1. The minimum absolute atomic E-state index is 0.0196. The zero-order valence-electron chi connectivity index (χ0n) is 18.3. The molecule has 0 spiro atoms. The van der Waals surface area contributed by atoms with Gasteiger partial charge in [-0.25, -0.2) is 4.39 Å². The lowest BCUT2D eigenvalue weighted by molar-refractivity contribution is -0.134. The van der Waals surface area contributed by atoms with Gasteiger partial charge in [0.25, 0.3) is 0 Å². The van der Waals surface area contributed by atoms with Gasteiger partial charge in [-0.3, -0.25) is 9.59 Å². The summed E-state index contributed by atoms with van der Waals surface area (Å²) in [7, 11) is 0. The molecule has 1 rings (SSSR count). The van der Waals surface area contributed by atoms with E-state index in [1.807, 2.05) is 32.1 Å². The summed E-state index contributed by atoms with van der Waals surface area (Å²) in [5.41, 5.74) is 1.82. The molecule has 29 heavy (non-hydrogen) atoms. The molecule has 4 heteroatoms. The van der Waals surface area contributed by atoms with Crippen molar-refractivity contribution in [2.45, 2.75) is 79.1 Å². The van der Waals surface area contributed by atoms with Crippen LogP contribution in [-0.4, -0.2) is 11.8 Å². The summed E-state index contributed by atoms with van der Waals surface area (Å²) in [5, 5.41) is 0. The highest BCUT2D eigenvalue weighted by atomic mass is 19.1. The Kier molecular flexibility index (Phi) is 11.9. The SMILES string of the molecule is CC=C(F)C(=CCCC)C(C)CCC(=O)CCCCC(=O)Oc1ccc(C)cc1. The van der Waals surface area contributed by atoms with Gasteiger partial charge < -0.3 is 4.74 Å². The zero-order chi connectivity index (χ0) is 21.6. The van der Waals surface area contributed by atoms with E-state index in [1.165, 1.54) is 6.08 Å². The fraction of sp³-hybridized carbons (Fsp3) is 0.520. The Morgan fingerprint density at radius 1 is 1.10 bits per heavy atom. The number of carbonyl (C=O) groups excluding carboxylic acids is 2. The van der Waals surface area contributed by atoms with Crippen molar-refractivity contribution in [2.75, 3.05) is 0 Å². The quantitative estimate of drug-likeness (QED) is 0.154. The van der Waals surface area contributed by atoms with Crippen molar-refractivity contribution in [3.8, 4) is 5.75 Å². The first-order valence-electron chi connectivity index (χ1n) is 10.7. The van der Waals surface area contributed by atoms with E-state index in [-0.39, 0.29) is 23.5 Å². The number of esters is 1. The second kappa shape index (κ2) is 13.9. The van der Waals surface area contributed by atoms with E-state index in [9.17, 15) is 14.0 Å². The molecule has 1 atom stereocenters. The van der Waals surface area contributed by atoms with E-state index in [0.717, 1.165) is 18.4 Å². The first-order chi connectivity index (χ1) is 13.9. The van der Waals surface area contributed by atoms with Crippen molar-refractivity contribution in [1.82, 2.24) is 0 Å². The van der Waals surface area contributed by atoms with Crippen LogP contribution in [0, 0.1) is 12.8 Å². The van der Waals surface area contributed by atoms with Gasteiger partial charge in [-0.15, -0.1) is 0 Å². The van der Waals surface area contributed by atoms with Gasteiger partial charge in [-0.2, -0.15) is 0 Å². The van der Waals surface area contributed by atoms with E-state index in [1.54, 1.807) is 19.1 Å². The molecule has 0 saturated heterocycles. The van der Waals surface area contributed by atoms with E-state index < -0.39 is 0 Å². The van der Waals surface area contributed by atoms with Crippen LogP contribution in [0.1, 0.15) is 77.7 Å². The van der Waals surface area contributed by atoms with Gasteiger partial charge in [-0.1, -0.05) is 50.1 Å². The second-order valence-electron chi connectivity index (χ2n) is 7.56. The lowest BCUT2D eigenvalue weighted by Crippen LogP contribution is -2.08. The monoisotopic (exact) mass is 402 g/mol. The number of rotatable bonds is 13. The molecule has 0 N–H and O–H groups in total. The van der Waals surface area contributed by atoms with Gasteiger partial charge in [0.15, 0.2) is 0 Å². The van der Waals surface area contributed by atoms with Crippen molar-refractivity contribution < 1.29 is 18.7 Å². The minimum Gasteiger partial charge on any atom is -0.427 e. The average Bonchev–Trinajstić information content (AvgIpc) is 2.71. The fourth-order valence-electron chi connectivity index (χ4n) is 3.04. The van der Waals surface area contributed by atoms with Crippen LogP contribution in [0.2, 0.25) is 0 Å². The molecule has 0 amide bonds. The summed E-state index contributed by atoms with van der Waals surface area (Å²) in [4.78, 5) is 24.0. The Bertz CT molecular complexity index is 701. The smallest absolute Gasteiger partial charge is 0.311 e. The maximum absolute atomic E-state index is 14.1. The molecule has 0 aromatic heterocycles. The van der Waals surface area contributed by atoms with Crippen molar-refractivity contribution in [2.24, 2.45) is 5.92 Å². The number of hydrogen-bond donors (Lipinski definition) is 0. The average molecular weight is 403 g/mol. The third-order valence-corrected chi connectivity index (χ3v) is 4.91. The van der Waals surface area contributed by atoms with Gasteiger partial charge in [-0.05, 0) is 63.2 Å². The van der Waals surface area contributed by atoms with Crippen LogP contribution >= 0.6 is 0 Å². The van der Waals surface area contributed by atoms with Crippen molar-refractivity contribution in [3.63, 3.8) is 0 Å². The number of aryl methyl sites for hydroxylation is 1. The number of ketones is 1. The number of ether oxygens (including phenoxy) is 1. The molecule has 0 radical (unpaired) electrons. The Morgan fingerprint density at radius 2 is 1.76 bits per heavy atom. The molecular formula is C25H35FO3. The van der Waals surface area contributed by atoms with Gasteiger partial charge in [0.2, 0.25) is 0 Å². The number of hydrogen-bond acceptors (Lipinski definition) is 3. The van der Waals surface area contributed by atoms with Crippen molar-refractivity contribution in [3.05, 3.63) is 53.4 Å². The fourth-order valence-corrected chi connectivity index (χ4v) is 3.04. The summed E-state index contributed by atoms with van der Waals surface area (Å²) in [6.45, 7) is 7.70. The maximum atomic E-state index is 14.1. The van der Waals surface area contributed by atoms with E-state index in [0.29, 0.717) is 49.8 Å². The molecule has 0 heterocycles. The molecule has 1 aromatic rings. The number of benzene rings is 1. The van der Waals surface area contributed by atoms with E-state index in [2.05, 4.69) is 6.92 Å². The Balaban J connectivity index is 2.29. The molecule has 0 aliphatic rings. The molecule has 1 aromatic carbocycles. The summed E-state index contributed by atoms with van der Waals surface area (Å²) < 4.78 is 19.3. The third kappa shape index (κ3) is 10.2. The van der Waals surface area contributed by atoms with Gasteiger partial charge in [0.1, 0.15) is 17.4 Å². The molecule has 3 nitrogen and oxygen atoms in total. The van der Waals surface area contributed by atoms with Crippen LogP contribution in [0.25, 0.3) is 0 Å². The van der Waals surface area contributed by atoms with E-state index >= 15 is 0 Å². The molecule has 0 saturated carbocycles.